The van der Waals surface area contributed by atoms with Gasteiger partial charge in [0, 0.05) is 45.9 Å². The van der Waals surface area contributed by atoms with Gasteiger partial charge >= 0.3 is 0 Å². The highest BCUT2D eigenvalue weighted by Crippen LogP contribution is 2.27. The van der Waals surface area contributed by atoms with E-state index in [0.29, 0.717) is 11.8 Å². The molecule has 2 fully saturated rings. The lowest BCUT2D eigenvalue weighted by molar-refractivity contribution is 0.165. The Kier molecular flexibility index (Phi) is 6.69. The molecule has 0 bridgehead atoms. The average molecular weight is 370 g/mol. The normalized spacial score (nSPS) is 26.9. The van der Waals surface area contributed by atoms with Crippen LogP contribution >= 0.6 is 11.6 Å². The van der Waals surface area contributed by atoms with Crippen LogP contribution in [0, 0.1) is 17.7 Å². The summed E-state index contributed by atoms with van der Waals surface area (Å²) in [5.74, 6) is 0.435. The fourth-order valence-corrected chi connectivity index (χ4v) is 4.29. The summed E-state index contributed by atoms with van der Waals surface area (Å²) in [4.78, 5) is 7.30. The monoisotopic (exact) mass is 369 g/mol. The van der Waals surface area contributed by atoms with Crippen molar-refractivity contribution in [3.05, 3.63) is 34.6 Å². The van der Waals surface area contributed by atoms with Gasteiger partial charge in [-0.3, -0.25) is 4.90 Å². The predicted molar refractivity (Wildman–Crippen MR) is 99.3 cm³/mol. The predicted octanol–water partition coefficient (Wildman–Crippen LogP) is 2.16. The zero-order valence-electron chi connectivity index (χ0n) is 15.0. The molecule has 0 saturated carbocycles. The molecule has 140 valence electrons. The maximum atomic E-state index is 13.3. The van der Waals surface area contributed by atoms with Crippen LogP contribution in [-0.4, -0.2) is 79.3 Å². The van der Waals surface area contributed by atoms with Crippen LogP contribution in [0.4, 0.5) is 4.39 Å². The summed E-state index contributed by atoms with van der Waals surface area (Å²) in [6, 6.07) is 4.94. The van der Waals surface area contributed by atoms with E-state index in [1.165, 1.54) is 19.0 Å². The van der Waals surface area contributed by atoms with Crippen molar-refractivity contribution in [2.45, 2.75) is 13.0 Å². The smallest absolute Gasteiger partial charge is 0.141 e. The highest BCUT2D eigenvalue weighted by Gasteiger charge is 2.33. The van der Waals surface area contributed by atoms with Gasteiger partial charge in [0.1, 0.15) is 5.82 Å². The Bertz CT molecular complexity index is 574. The molecule has 4 nitrogen and oxygen atoms in total. The van der Waals surface area contributed by atoms with Crippen molar-refractivity contribution in [1.29, 1.82) is 0 Å². The summed E-state index contributed by atoms with van der Waals surface area (Å²) in [7, 11) is 2.19. The van der Waals surface area contributed by atoms with E-state index in [1.807, 2.05) is 0 Å². The number of rotatable bonds is 5. The second-order valence-corrected chi connectivity index (χ2v) is 8.01. The number of likely N-dealkylation sites (tertiary alicyclic amines) is 1. The molecule has 3 rings (SSSR count). The third kappa shape index (κ3) is 5.14. The van der Waals surface area contributed by atoms with E-state index < -0.39 is 0 Å². The topological polar surface area (TPSA) is 30.0 Å². The Morgan fingerprint density at radius 1 is 1.12 bits per heavy atom. The van der Waals surface area contributed by atoms with E-state index in [9.17, 15) is 9.50 Å². The van der Waals surface area contributed by atoms with E-state index in [0.717, 1.165) is 51.4 Å². The molecule has 1 N–H and O–H groups in total. The van der Waals surface area contributed by atoms with Crippen LogP contribution in [0.3, 0.4) is 0 Å². The quantitative estimate of drug-likeness (QED) is 0.861. The lowest BCUT2D eigenvalue weighted by Crippen LogP contribution is -2.36. The van der Waals surface area contributed by atoms with Crippen LogP contribution in [0.2, 0.25) is 5.02 Å². The molecule has 0 spiro atoms. The first-order chi connectivity index (χ1) is 12.0. The van der Waals surface area contributed by atoms with Gasteiger partial charge in [0.2, 0.25) is 0 Å². The maximum absolute atomic E-state index is 13.3. The lowest BCUT2D eigenvalue weighted by Gasteiger charge is -2.26. The number of halogens is 2. The molecule has 25 heavy (non-hydrogen) atoms. The van der Waals surface area contributed by atoms with Crippen LogP contribution in [0.1, 0.15) is 12.0 Å². The molecule has 2 aliphatic rings. The number of aliphatic hydroxyl groups is 1. The first kappa shape index (κ1) is 19.1. The highest BCUT2D eigenvalue weighted by atomic mass is 35.5. The number of aliphatic hydroxyl groups excluding tert-OH is 1. The molecule has 2 unspecified atom stereocenters. The van der Waals surface area contributed by atoms with Crippen LogP contribution in [-0.2, 0) is 6.54 Å². The Labute approximate surface area is 155 Å². The van der Waals surface area contributed by atoms with Gasteiger partial charge in [0.15, 0.2) is 0 Å². The summed E-state index contributed by atoms with van der Waals surface area (Å²) in [6.45, 7) is 8.46. The molecule has 1 aromatic carbocycles. The third-order valence-corrected chi connectivity index (χ3v) is 5.87. The number of benzene rings is 1. The third-order valence-electron chi connectivity index (χ3n) is 5.58. The summed E-state index contributed by atoms with van der Waals surface area (Å²) in [6.07, 6.45) is 1.21. The molecule has 0 amide bonds. The van der Waals surface area contributed by atoms with Crippen molar-refractivity contribution in [2.75, 3.05) is 59.5 Å². The van der Waals surface area contributed by atoms with Gasteiger partial charge in [-0.25, -0.2) is 4.39 Å². The van der Waals surface area contributed by atoms with Gasteiger partial charge in [-0.15, -0.1) is 0 Å². The number of nitrogens with zero attached hydrogens (tertiary/aromatic N) is 3. The molecule has 0 aliphatic carbocycles. The largest absolute Gasteiger partial charge is 0.396 e. The second-order valence-electron chi connectivity index (χ2n) is 7.60. The number of hydrogen-bond donors (Lipinski definition) is 1. The molecule has 6 heteroatoms. The zero-order chi connectivity index (χ0) is 17.8. The van der Waals surface area contributed by atoms with Crippen molar-refractivity contribution < 1.29 is 9.50 Å². The number of likely N-dealkylation sites (N-methyl/N-ethyl adjacent to an activating group) is 1. The standard InChI is InChI=1S/C19H29ClFN3O/c1-22-5-2-6-23(8-7-22)11-16-12-24(13-17(16)14-25)10-15-3-4-19(21)18(20)9-15/h3-4,9,16-17,25H,2,5-8,10-14H2,1H3. The molecule has 1 aromatic rings. The van der Waals surface area contributed by atoms with Crippen LogP contribution < -0.4 is 0 Å². The van der Waals surface area contributed by atoms with Gasteiger partial charge in [-0.05, 0) is 56.1 Å². The SMILES string of the molecule is CN1CCCN(CC2CN(Cc3ccc(F)c(Cl)c3)CC2CO)CC1. The van der Waals surface area contributed by atoms with Crippen molar-refractivity contribution in [3.63, 3.8) is 0 Å². The average Bonchev–Trinajstić information content (AvgIpc) is 2.84. The Morgan fingerprint density at radius 2 is 1.92 bits per heavy atom. The van der Waals surface area contributed by atoms with Gasteiger partial charge in [-0.2, -0.15) is 0 Å². The molecule has 2 aliphatic heterocycles. The van der Waals surface area contributed by atoms with E-state index in [2.05, 4.69) is 21.7 Å². The summed E-state index contributed by atoms with van der Waals surface area (Å²) < 4.78 is 13.3. The molecule has 2 atom stereocenters. The fraction of sp³-hybridized carbons (Fsp3) is 0.684. The van der Waals surface area contributed by atoms with Crippen molar-refractivity contribution >= 4 is 11.6 Å². The van der Waals surface area contributed by atoms with E-state index in [4.69, 9.17) is 11.6 Å². The van der Waals surface area contributed by atoms with Gasteiger partial charge in [0.05, 0.1) is 5.02 Å². The van der Waals surface area contributed by atoms with E-state index >= 15 is 0 Å². The van der Waals surface area contributed by atoms with Crippen molar-refractivity contribution in [3.8, 4) is 0 Å². The van der Waals surface area contributed by atoms with Crippen LogP contribution in [0.15, 0.2) is 18.2 Å². The van der Waals surface area contributed by atoms with Crippen molar-refractivity contribution in [2.24, 2.45) is 11.8 Å². The van der Waals surface area contributed by atoms with Crippen LogP contribution in [0.5, 0.6) is 0 Å². The van der Waals surface area contributed by atoms with Gasteiger partial charge in [0.25, 0.3) is 0 Å². The van der Waals surface area contributed by atoms with Crippen LogP contribution in [0.25, 0.3) is 0 Å². The minimum Gasteiger partial charge on any atom is -0.396 e. The highest BCUT2D eigenvalue weighted by molar-refractivity contribution is 6.30. The molecule has 2 saturated heterocycles. The second kappa shape index (κ2) is 8.78. The van der Waals surface area contributed by atoms with Gasteiger partial charge in [-0.1, -0.05) is 17.7 Å². The molecule has 0 aromatic heterocycles. The van der Waals surface area contributed by atoms with E-state index in [1.54, 1.807) is 12.1 Å². The first-order valence-electron chi connectivity index (χ1n) is 9.23. The fourth-order valence-electron chi connectivity index (χ4n) is 4.09. The minimum absolute atomic E-state index is 0.181. The summed E-state index contributed by atoms with van der Waals surface area (Å²) >= 11 is 5.90. The molecular formula is C19H29ClFN3O. The Hall–Kier alpha value is -0.720. The Morgan fingerprint density at radius 3 is 2.68 bits per heavy atom. The zero-order valence-corrected chi connectivity index (χ0v) is 15.8. The molecule has 2 heterocycles. The maximum Gasteiger partial charge on any atom is 0.141 e. The molecular weight excluding hydrogens is 341 g/mol. The van der Waals surface area contributed by atoms with Gasteiger partial charge < -0.3 is 14.9 Å². The minimum atomic E-state index is -0.371. The molecule has 0 radical (unpaired) electrons. The van der Waals surface area contributed by atoms with Crippen molar-refractivity contribution in [1.82, 2.24) is 14.7 Å². The van der Waals surface area contributed by atoms with E-state index in [-0.39, 0.29) is 17.4 Å². The number of hydrogen-bond acceptors (Lipinski definition) is 4. The summed E-state index contributed by atoms with van der Waals surface area (Å²) in [5.41, 5.74) is 1.03. The Balaban J connectivity index is 1.57. The first-order valence-corrected chi connectivity index (χ1v) is 9.61. The summed E-state index contributed by atoms with van der Waals surface area (Å²) in [5, 5.41) is 9.98. The lowest BCUT2D eigenvalue weighted by atomic mass is 9.96.